The summed E-state index contributed by atoms with van der Waals surface area (Å²) >= 11 is 7.37. The number of aromatic nitrogens is 2. The van der Waals surface area contributed by atoms with Gasteiger partial charge in [-0.3, -0.25) is 9.59 Å². The molecule has 2 N–H and O–H groups in total. The van der Waals surface area contributed by atoms with E-state index in [-0.39, 0.29) is 30.1 Å². The summed E-state index contributed by atoms with van der Waals surface area (Å²) in [5, 5.41) is 15.4. The molecule has 2 rings (SSSR count). The summed E-state index contributed by atoms with van der Waals surface area (Å²) in [5.74, 6) is -0.466. The molecule has 0 saturated heterocycles. The van der Waals surface area contributed by atoms with Gasteiger partial charge in [-0.25, -0.2) is 0 Å². The first kappa shape index (κ1) is 19.3. The minimum absolute atomic E-state index is 0.0821. The molecule has 1 aromatic carbocycles. The Kier molecular flexibility index (Phi) is 6.50. The van der Waals surface area contributed by atoms with Crippen LogP contribution < -0.4 is 10.6 Å². The zero-order valence-electron chi connectivity index (χ0n) is 14.4. The van der Waals surface area contributed by atoms with E-state index in [0.29, 0.717) is 16.7 Å². The molecule has 0 atom stereocenters. The van der Waals surface area contributed by atoms with Crippen molar-refractivity contribution in [2.24, 2.45) is 0 Å². The number of halogens is 1. The summed E-state index contributed by atoms with van der Waals surface area (Å²) < 4.78 is 0. The van der Waals surface area contributed by atoms with E-state index in [1.807, 2.05) is 39.0 Å². The predicted molar refractivity (Wildman–Crippen MR) is 99.8 cm³/mol. The standard InChI is InChI=1S/C17H21ClN4O2S/c1-17(2,3)15-21-22-16(25-15)20-14(24)9-8-13(23)19-10-11-6-4-5-7-12(11)18/h4-7H,8-10H2,1-3H3,(H,19,23)(H,20,22,24). The molecular weight excluding hydrogens is 360 g/mol. The van der Waals surface area contributed by atoms with Crippen molar-refractivity contribution in [3.63, 3.8) is 0 Å². The van der Waals surface area contributed by atoms with Crippen molar-refractivity contribution >= 4 is 39.9 Å². The minimum Gasteiger partial charge on any atom is -0.352 e. The van der Waals surface area contributed by atoms with Crippen molar-refractivity contribution < 1.29 is 9.59 Å². The van der Waals surface area contributed by atoms with Gasteiger partial charge in [0.05, 0.1) is 0 Å². The Bertz CT molecular complexity index is 755. The third-order valence-electron chi connectivity index (χ3n) is 3.33. The fourth-order valence-corrected chi connectivity index (χ4v) is 2.93. The first-order valence-corrected chi connectivity index (χ1v) is 9.09. The van der Waals surface area contributed by atoms with E-state index in [2.05, 4.69) is 20.8 Å². The Labute approximate surface area is 156 Å². The van der Waals surface area contributed by atoms with Gasteiger partial charge in [0, 0.05) is 29.8 Å². The number of hydrogen-bond acceptors (Lipinski definition) is 5. The summed E-state index contributed by atoms with van der Waals surface area (Å²) in [6.07, 6.45) is 0.181. The average molecular weight is 381 g/mol. The number of nitrogens with zero attached hydrogens (tertiary/aromatic N) is 2. The number of carbonyl (C=O) groups excluding carboxylic acids is 2. The largest absolute Gasteiger partial charge is 0.352 e. The van der Waals surface area contributed by atoms with E-state index in [1.54, 1.807) is 6.07 Å². The molecule has 25 heavy (non-hydrogen) atoms. The lowest BCUT2D eigenvalue weighted by Crippen LogP contribution is -2.24. The highest BCUT2D eigenvalue weighted by atomic mass is 35.5. The quantitative estimate of drug-likeness (QED) is 0.802. The molecule has 0 aliphatic heterocycles. The van der Waals surface area contributed by atoms with E-state index in [9.17, 15) is 9.59 Å². The van der Waals surface area contributed by atoms with Gasteiger partial charge in [0.15, 0.2) is 0 Å². The summed E-state index contributed by atoms with van der Waals surface area (Å²) in [5.41, 5.74) is 0.727. The van der Waals surface area contributed by atoms with Gasteiger partial charge in [-0.05, 0) is 11.6 Å². The number of anilines is 1. The van der Waals surface area contributed by atoms with Gasteiger partial charge >= 0.3 is 0 Å². The zero-order chi connectivity index (χ0) is 18.4. The Morgan fingerprint density at radius 2 is 1.80 bits per heavy atom. The van der Waals surface area contributed by atoms with Crippen molar-refractivity contribution in [1.29, 1.82) is 0 Å². The lowest BCUT2D eigenvalue weighted by atomic mass is 9.98. The van der Waals surface area contributed by atoms with Gasteiger partial charge in [0.1, 0.15) is 5.01 Å². The first-order valence-electron chi connectivity index (χ1n) is 7.89. The fourth-order valence-electron chi connectivity index (χ4n) is 1.91. The first-order chi connectivity index (χ1) is 11.8. The zero-order valence-corrected chi connectivity index (χ0v) is 16.0. The van der Waals surface area contributed by atoms with Crippen LogP contribution in [0.1, 0.15) is 44.2 Å². The van der Waals surface area contributed by atoms with Crippen LogP contribution in [0.15, 0.2) is 24.3 Å². The van der Waals surface area contributed by atoms with Gasteiger partial charge in [-0.1, -0.05) is 61.9 Å². The molecule has 6 nitrogen and oxygen atoms in total. The summed E-state index contributed by atoms with van der Waals surface area (Å²) in [7, 11) is 0. The second-order valence-corrected chi connectivity index (χ2v) is 7.96. The van der Waals surface area contributed by atoms with Crippen molar-refractivity contribution in [3.8, 4) is 0 Å². The van der Waals surface area contributed by atoms with Crippen LogP contribution in [0.5, 0.6) is 0 Å². The van der Waals surface area contributed by atoms with Crippen molar-refractivity contribution in [3.05, 3.63) is 39.9 Å². The van der Waals surface area contributed by atoms with Crippen LogP contribution >= 0.6 is 22.9 Å². The Morgan fingerprint density at radius 1 is 1.12 bits per heavy atom. The maximum Gasteiger partial charge on any atom is 0.226 e. The summed E-state index contributed by atoms with van der Waals surface area (Å²) in [4.78, 5) is 23.8. The van der Waals surface area contributed by atoms with E-state index in [0.717, 1.165) is 10.6 Å². The highest BCUT2D eigenvalue weighted by Gasteiger charge is 2.20. The Balaban J connectivity index is 1.75. The molecule has 0 saturated carbocycles. The van der Waals surface area contributed by atoms with Gasteiger partial charge in [-0.15, -0.1) is 10.2 Å². The Hall–Kier alpha value is -1.99. The van der Waals surface area contributed by atoms with E-state index >= 15 is 0 Å². The molecule has 0 aliphatic rings. The second kappa shape index (κ2) is 8.40. The normalized spacial score (nSPS) is 11.2. The molecular formula is C17H21ClN4O2S. The van der Waals surface area contributed by atoms with Crippen molar-refractivity contribution in [1.82, 2.24) is 15.5 Å². The van der Waals surface area contributed by atoms with Crippen LogP contribution in [0, 0.1) is 0 Å². The van der Waals surface area contributed by atoms with Gasteiger partial charge < -0.3 is 10.6 Å². The predicted octanol–water partition coefficient (Wildman–Crippen LogP) is 3.52. The maximum atomic E-state index is 11.9. The lowest BCUT2D eigenvalue weighted by Gasteiger charge is -2.12. The number of hydrogen-bond donors (Lipinski definition) is 2. The second-order valence-electron chi connectivity index (χ2n) is 6.58. The van der Waals surface area contributed by atoms with Crippen LogP contribution in [0.25, 0.3) is 0 Å². The monoisotopic (exact) mass is 380 g/mol. The van der Waals surface area contributed by atoms with Crippen LogP contribution in [0.2, 0.25) is 5.02 Å². The molecule has 0 radical (unpaired) electrons. The molecule has 0 spiro atoms. The topological polar surface area (TPSA) is 84.0 Å². The summed E-state index contributed by atoms with van der Waals surface area (Å²) in [6, 6.07) is 7.30. The molecule has 0 aliphatic carbocycles. The Morgan fingerprint density at radius 3 is 2.44 bits per heavy atom. The van der Waals surface area contributed by atoms with Crippen LogP contribution in [0.4, 0.5) is 5.13 Å². The fraction of sp³-hybridized carbons (Fsp3) is 0.412. The molecule has 0 unspecified atom stereocenters. The number of rotatable bonds is 6. The van der Waals surface area contributed by atoms with Gasteiger partial charge in [0.2, 0.25) is 16.9 Å². The summed E-state index contributed by atoms with van der Waals surface area (Å²) in [6.45, 7) is 6.43. The molecule has 0 bridgehead atoms. The minimum atomic E-state index is -0.260. The van der Waals surface area contributed by atoms with Crippen LogP contribution in [-0.4, -0.2) is 22.0 Å². The van der Waals surface area contributed by atoms with Gasteiger partial charge in [-0.2, -0.15) is 0 Å². The number of amides is 2. The molecule has 8 heteroatoms. The molecule has 2 aromatic rings. The SMILES string of the molecule is CC(C)(C)c1nnc(NC(=O)CCC(=O)NCc2ccccc2Cl)s1. The highest BCUT2D eigenvalue weighted by molar-refractivity contribution is 7.15. The van der Waals surface area contributed by atoms with E-state index in [1.165, 1.54) is 11.3 Å². The van der Waals surface area contributed by atoms with Crippen molar-refractivity contribution in [2.75, 3.05) is 5.32 Å². The molecule has 2 amide bonds. The number of benzene rings is 1. The van der Waals surface area contributed by atoms with Crippen molar-refractivity contribution in [2.45, 2.75) is 45.6 Å². The number of carbonyl (C=O) groups is 2. The molecule has 0 fully saturated rings. The average Bonchev–Trinajstić information content (AvgIpc) is 3.01. The molecule has 1 aromatic heterocycles. The third kappa shape index (κ3) is 6.10. The number of nitrogens with one attached hydrogen (secondary N) is 2. The molecule has 134 valence electrons. The smallest absolute Gasteiger partial charge is 0.226 e. The van der Waals surface area contributed by atoms with E-state index < -0.39 is 0 Å². The van der Waals surface area contributed by atoms with Crippen LogP contribution in [0.3, 0.4) is 0 Å². The highest BCUT2D eigenvalue weighted by Crippen LogP contribution is 2.27. The van der Waals surface area contributed by atoms with E-state index in [4.69, 9.17) is 11.6 Å². The van der Waals surface area contributed by atoms with Gasteiger partial charge in [0.25, 0.3) is 0 Å². The third-order valence-corrected chi connectivity index (χ3v) is 4.96. The van der Waals surface area contributed by atoms with Crippen LogP contribution in [-0.2, 0) is 21.5 Å². The maximum absolute atomic E-state index is 11.9. The lowest BCUT2D eigenvalue weighted by molar-refractivity contribution is -0.124. The molecule has 1 heterocycles.